The maximum Gasteiger partial charge on any atom is 0.224 e. The van der Waals surface area contributed by atoms with Gasteiger partial charge in [-0.05, 0) is 18.2 Å². The fourth-order valence-electron chi connectivity index (χ4n) is 2.63. The average Bonchev–Trinajstić information content (AvgIpc) is 2.61. The molecule has 0 bridgehead atoms. The van der Waals surface area contributed by atoms with Gasteiger partial charge in [0.25, 0.3) is 0 Å². The number of methoxy groups -OCH3 is 1. The largest absolute Gasteiger partial charge is 0.439 e. The van der Waals surface area contributed by atoms with Crippen molar-refractivity contribution in [1.29, 1.82) is 0 Å². The number of benzene rings is 1. The van der Waals surface area contributed by atoms with Gasteiger partial charge in [-0.3, -0.25) is 4.90 Å². The number of nitrogens with zero attached hydrogens (tertiary/aromatic N) is 4. The number of hydrogen-bond acceptors (Lipinski definition) is 6. The molecule has 1 saturated heterocycles. The maximum atomic E-state index is 5.98. The third-order valence-corrected chi connectivity index (χ3v) is 4.19. The molecule has 0 spiro atoms. The zero-order valence-corrected chi connectivity index (χ0v) is 14.4. The Morgan fingerprint density at radius 1 is 1.12 bits per heavy atom. The molecule has 2 heterocycles. The molecular weight excluding hydrogens is 328 g/mol. The molecule has 3 rings (SSSR count). The van der Waals surface area contributed by atoms with E-state index in [-0.39, 0.29) is 0 Å². The van der Waals surface area contributed by atoms with Gasteiger partial charge in [0, 0.05) is 50.9 Å². The third kappa shape index (κ3) is 4.56. The van der Waals surface area contributed by atoms with Crippen LogP contribution in [0.15, 0.2) is 36.7 Å². The van der Waals surface area contributed by atoms with Crippen molar-refractivity contribution in [1.82, 2.24) is 14.9 Å². The molecule has 1 aromatic carbocycles. The molecule has 0 amide bonds. The summed E-state index contributed by atoms with van der Waals surface area (Å²) in [6.45, 7) is 5.59. The van der Waals surface area contributed by atoms with Gasteiger partial charge in [-0.25, -0.2) is 9.97 Å². The summed E-state index contributed by atoms with van der Waals surface area (Å²) in [5.41, 5.74) is 0. The quantitative estimate of drug-likeness (QED) is 0.800. The highest BCUT2D eigenvalue weighted by atomic mass is 35.5. The highest BCUT2D eigenvalue weighted by Crippen LogP contribution is 2.24. The summed E-state index contributed by atoms with van der Waals surface area (Å²) in [5.74, 6) is 2.06. The normalized spacial score (nSPS) is 15.5. The van der Waals surface area contributed by atoms with E-state index >= 15 is 0 Å². The second-order valence-electron chi connectivity index (χ2n) is 5.60. The van der Waals surface area contributed by atoms with Crippen molar-refractivity contribution in [2.45, 2.75) is 0 Å². The number of halogens is 1. The number of rotatable bonds is 6. The van der Waals surface area contributed by atoms with E-state index in [1.165, 1.54) is 6.33 Å². The smallest absolute Gasteiger partial charge is 0.224 e. The lowest BCUT2D eigenvalue weighted by atomic mass is 10.3. The van der Waals surface area contributed by atoms with Crippen molar-refractivity contribution in [3.8, 4) is 11.6 Å². The third-order valence-electron chi connectivity index (χ3n) is 3.95. The minimum atomic E-state index is 0.518. The van der Waals surface area contributed by atoms with Crippen molar-refractivity contribution in [2.24, 2.45) is 0 Å². The van der Waals surface area contributed by atoms with Gasteiger partial charge in [0.1, 0.15) is 17.9 Å². The van der Waals surface area contributed by atoms with Crippen LogP contribution >= 0.6 is 11.6 Å². The standard InChI is InChI=1S/C17H21ClN4O2/c1-23-10-9-21-5-7-22(8-6-21)16-12-17(20-13-19-16)24-15-4-2-3-14(18)11-15/h2-4,11-13H,5-10H2,1H3. The number of ether oxygens (including phenoxy) is 2. The van der Waals surface area contributed by atoms with Crippen molar-refractivity contribution in [3.05, 3.63) is 41.7 Å². The predicted molar refractivity (Wildman–Crippen MR) is 94.1 cm³/mol. The second kappa shape index (κ2) is 8.28. The lowest BCUT2D eigenvalue weighted by Gasteiger charge is -2.35. The van der Waals surface area contributed by atoms with E-state index in [4.69, 9.17) is 21.1 Å². The zero-order valence-electron chi connectivity index (χ0n) is 13.7. The molecule has 0 unspecified atom stereocenters. The molecule has 0 saturated carbocycles. The van der Waals surface area contributed by atoms with Gasteiger partial charge >= 0.3 is 0 Å². The van der Waals surface area contributed by atoms with Crippen LogP contribution in [0.5, 0.6) is 11.6 Å². The van der Waals surface area contributed by atoms with Gasteiger partial charge in [-0.1, -0.05) is 17.7 Å². The van der Waals surface area contributed by atoms with Crippen LogP contribution in [0.2, 0.25) is 5.02 Å². The minimum Gasteiger partial charge on any atom is -0.439 e. The Bertz CT molecular complexity index is 663. The lowest BCUT2D eigenvalue weighted by molar-refractivity contribution is 0.144. The van der Waals surface area contributed by atoms with Gasteiger partial charge in [-0.2, -0.15) is 0 Å². The van der Waals surface area contributed by atoms with E-state index < -0.39 is 0 Å². The maximum absolute atomic E-state index is 5.98. The van der Waals surface area contributed by atoms with Gasteiger partial charge in [-0.15, -0.1) is 0 Å². The van der Waals surface area contributed by atoms with Crippen molar-refractivity contribution >= 4 is 17.4 Å². The fourth-order valence-corrected chi connectivity index (χ4v) is 2.81. The topological polar surface area (TPSA) is 50.7 Å². The summed E-state index contributed by atoms with van der Waals surface area (Å²) in [6, 6.07) is 9.13. The van der Waals surface area contributed by atoms with E-state index in [1.807, 2.05) is 24.3 Å². The SMILES string of the molecule is COCCN1CCN(c2cc(Oc3cccc(Cl)c3)ncn2)CC1. The van der Waals surface area contributed by atoms with Crippen LogP contribution in [0, 0.1) is 0 Å². The van der Waals surface area contributed by atoms with Crippen LogP contribution in [0.3, 0.4) is 0 Å². The van der Waals surface area contributed by atoms with Crippen LogP contribution in [0.25, 0.3) is 0 Å². The number of piperazine rings is 1. The van der Waals surface area contributed by atoms with Crippen molar-refractivity contribution in [2.75, 3.05) is 51.3 Å². The van der Waals surface area contributed by atoms with E-state index in [0.29, 0.717) is 16.7 Å². The first-order chi connectivity index (χ1) is 11.7. The van der Waals surface area contributed by atoms with E-state index in [9.17, 15) is 0 Å². The molecule has 128 valence electrons. The number of anilines is 1. The summed E-state index contributed by atoms with van der Waals surface area (Å²) in [5, 5.41) is 0.633. The average molecular weight is 349 g/mol. The van der Waals surface area contributed by atoms with Crippen LogP contribution in [0.1, 0.15) is 0 Å². The summed E-state index contributed by atoms with van der Waals surface area (Å²) < 4.78 is 10.9. The van der Waals surface area contributed by atoms with Crippen molar-refractivity contribution in [3.63, 3.8) is 0 Å². The molecule has 1 fully saturated rings. The van der Waals surface area contributed by atoms with Crippen LogP contribution in [0.4, 0.5) is 5.82 Å². The first-order valence-electron chi connectivity index (χ1n) is 7.96. The molecule has 6 nitrogen and oxygen atoms in total. The highest BCUT2D eigenvalue weighted by Gasteiger charge is 2.18. The lowest BCUT2D eigenvalue weighted by Crippen LogP contribution is -2.47. The summed E-state index contributed by atoms with van der Waals surface area (Å²) in [6.07, 6.45) is 1.53. The Balaban J connectivity index is 1.61. The Morgan fingerprint density at radius 2 is 1.96 bits per heavy atom. The van der Waals surface area contributed by atoms with E-state index in [0.717, 1.165) is 45.1 Å². The van der Waals surface area contributed by atoms with Crippen molar-refractivity contribution < 1.29 is 9.47 Å². The molecule has 7 heteroatoms. The fraction of sp³-hybridized carbons (Fsp3) is 0.412. The molecule has 0 aliphatic carbocycles. The zero-order chi connectivity index (χ0) is 16.8. The van der Waals surface area contributed by atoms with E-state index in [2.05, 4.69) is 19.8 Å². The summed E-state index contributed by atoms with van der Waals surface area (Å²) >= 11 is 5.98. The van der Waals surface area contributed by atoms with Gasteiger partial charge < -0.3 is 14.4 Å². The molecule has 1 aliphatic rings. The molecule has 24 heavy (non-hydrogen) atoms. The minimum absolute atomic E-state index is 0.518. The first kappa shape index (κ1) is 17.0. The molecule has 0 atom stereocenters. The highest BCUT2D eigenvalue weighted by molar-refractivity contribution is 6.30. The molecule has 2 aromatic rings. The second-order valence-corrected chi connectivity index (χ2v) is 6.03. The summed E-state index contributed by atoms with van der Waals surface area (Å²) in [4.78, 5) is 13.2. The predicted octanol–water partition coefficient (Wildman–Crippen LogP) is 2.69. The number of hydrogen-bond donors (Lipinski definition) is 0. The van der Waals surface area contributed by atoms with Gasteiger partial charge in [0.2, 0.25) is 5.88 Å². The Labute approximate surface area is 147 Å². The number of aromatic nitrogens is 2. The molecule has 0 radical (unpaired) electrons. The Morgan fingerprint density at radius 3 is 2.71 bits per heavy atom. The monoisotopic (exact) mass is 348 g/mol. The van der Waals surface area contributed by atoms with Crippen LogP contribution in [-0.4, -0.2) is 61.3 Å². The molecule has 0 N–H and O–H groups in total. The Kier molecular flexibility index (Phi) is 5.85. The van der Waals surface area contributed by atoms with Gasteiger partial charge in [0.05, 0.1) is 6.61 Å². The van der Waals surface area contributed by atoms with Gasteiger partial charge in [0.15, 0.2) is 0 Å². The van der Waals surface area contributed by atoms with Crippen LogP contribution in [-0.2, 0) is 4.74 Å². The molecule has 1 aliphatic heterocycles. The molecule has 1 aromatic heterocycles. The van der Waals surface area contributed by atoms with E-state index in [1.54, 1.807) is 13.2 Å². The molecular formula is C17H21ClN4O2. The first-order valence-corrected chi connectivity index (χ1v) is 8.34. The Hall–Kier alpha value is -1.89. The summed E-state index contributed by atoms with van der Waals surface area (Å²) in [7, 11) is 1.73. The van der Waals surface area contributed by atoms with Crippen LogP contribution < -0.4 is 9.64 Å².